The molecule has 1 heterocycles. The highest BCUT2D eigenvalue weighted by Gasteiger charge is 2.51. The maximum absolute atomic E-state index is 13.3. The monoisotopic (exact) mass is 537 g/mol. The lowest BCUT2D eigenvalue weighted by atomic mass is 9.69. The zero-order valence-corrected chi connectivity index (χ0v) is 27.5. The summed E-state index contributed by atoms with van der Waals surface area (Å²) >= 11 is 0. The lowest BCUT2D eigenvalue weighted by Gasteiger charge is -2.48. The third kappa shape index (κ3) is 8.22. The number of rotatable bonds is 13. The Morgan fingerprint density at radius 1 is 0.919 bits per heavy atom. The van der Waals surface area contributed by atoms with Crippen molar-refractivity contribution in [3.05, 3.63) is 0 Å². The molecule has 218 valence electrons. The van der Waals surface area contributed by atoms with Gasteiger partial charge in [0, 0.05) is 18.2 Å². The quantitative estimate of drug-likeness (QED) is 0.173. The van der Waals surface area contributed by atoms with E-state index in [9.17, 15) is 4.79 Å². The fourth-order valence-electron chi connectivity index (χ4n) is 8.03. The van der Waals surface area contributed by atoms with Crippen LogP contribution in [0.1, 0.15) is 153 Å². The zero-order chi connectivity index (χ0) is 27.9. The molecule has 1 aliphatic heterocycles. The lowest BCUT2D eigenvalue weighted by Crippen LogP contribution is -2.55. The first-order valence-corrected chi connectivity index (χ1v) is 18.1. The van der Waals surface area contributed by atoms with Crippen molar-refractivity contribution >= 4 is 14.4 Å². The van der Waals surface area contributed by atoms with Gasteiger partial charge in [-0.1, -0.05) is 87.0 Å². The molecule has 3 atom stereocenters. The van der Waals surface area contributed by atoms with Crippen LogP contribution in [-0.2, 0) is 9.16 Å². The molecule has 2 rings (SSSR count). The van der Waals surface area contributed by atoms with Crippen molar-refractivity contribution in [2.75, 3.05) is 6.54 Å². The van der Waals surface area contributed by atoms with E-state index >= 15 is 0 Å². The molecule has 0 aromatic carbocycles. The molecule has 0 bridgehead atoms. The predicted molar refractivity (Wildman–Crippen MR) is 161 cm³/mol. The zero-order valence-electron chi connectivity index (χ0n) is 26.5. The summed E-state index contributed by atoms with van der Waals surface area (Å²) in [5.41, 5.74) is 1.40. The fraction of sp³-hybridized carbons (Fsp3) is 0.969. The van der Waals surface area contributed by atoms with E-state index < -0.39 is 13.9 Å². The highest BCUT2D eigenvalue weighted by atomic mass is 28.4. The van der Waals surface area contributed by atoms with E-state index in [-0.39, 0.29) is 11.6 Å². The van der Waals surface area contributed by atoms with Crippen LogP contribution >= 0.6 is 0 Å². The van der Waals surface area contributed by atoms with Crippen LogP contribution in [0.25, 0.3) is 0 Å². The van der Waals surface area contributed by atoms with Gasteiger partial charge in [0.15, 0.2) is 0 Å². The van der Waals surface area contributed by atoms with Crippen molar-refractivity contribution in [3.63, 3.8) is 0 Å². The van der Waals surface area contributed by atoms with Crippen molar-refractivity contribution in [2.45, 2.75) is 187 Å². The largest absolute Gasteiger partial charge is 0.444 e. The summed E-state index contributed by atoms with van der Waals surface area (Å²) in [7, 11) is -1.93. The van der Waals surface area contributed by atoms with Gasteiger partial charge in [-0.25, -0.2) is 4.79 Å². The van der Waals surface area contributed by atoms with E-state index in [4.69, 9.17) is 9.16 Å². The summed E-state index contributed by atoms with van der Waals surface area (Å²) in [4.78, 5) is 15.5. The van der Waals surface area contributed by atoms with Gasteiger partial charge in [0.2, 0.25) is 8.32 Å². The Morgan fingerprint density at radius 2 is 1.54 bits per heavy atom. The Morgan fingerprint density at radius 3 is 2.11 bits per heavy atom. The molecule has 1 aliphatic carbocycles. The van der Waals surface area contributed by atoms with E-state index in [1.165, 1.54) is 57.8 Å². The number of hydrogen-bond donors (Lipinski definition) is 0. The van der Waals surface area contributed by atoms with Crippen LogP contribution in [-0.4, -0.2) is 43.1 Å². The van der Waals surface area contributed by atoms with E-state index in [1.807, 2.05) is 20.8 Å². The molecule has 1 saturated carbocycles. The molecule has 4 nitrogen and oxygen atoms in total. The molecule has 0 N–H and O–H groups in total. The molecule has 0 aromatic heterocycles. The summed E-state index contributed by atoms with van der Waals surface area (Å²) in [5, 5.41) is 0. The second-order valence-electron chi connectivity index (χ2n) is 14.3. The second kappa shape index (κ2) is 14.2. The van der Waals surface area contributed by atoms with Gasteiger partial charge in [0.1, 0.15) is 5.60 Å². The fourth-order valence-corrected chi connectivity index (χ4v) is 13.7. The Bertz CT molecular complexity index is 664. The van der Waals surface area contributed by atoms with Gasteiger partial charge >= 0.3 is 6.09 Å². The Labute approximate surface area is 232 Å². The third-order valence-corrected chi connectivity index (χ3v) is 15.8. The van der Waals surface area contributed by atoms with Gasteiger partial charge in [-0.3, -0.25) is 0 Å². The Balaban J connectivity index is 2.23. The van der Waals surface area contributed by atoms with E-state index in [2.05, 4.69) is 53.4 Å². The summed E-state index contributed by atoms with van der Waals surface area (Å²) in [5.74, 6) is 0.561. The van der Waals surface area contributed by atoms with Crippen LogP contribution < -0.4 is 0 Å². The number of likely N-dealkylation sites (tertiary alicyclic amines) is 1. The number of ether oxygens (including phenoxy) is 1. The molecular weight excluding hydrogens is 474 g/mol. The molecule has 0 radical (unpaired) electrons. The third-order valence-electron chi connectivity index (χ3n) is 9.61. The van der Waals surface area contributed by atoms with Gasteiger partial charge in [0.05, 0.1) is 0 Å². The molecule has 2 aliphatic rings. The van der Waals surface area contributed by atoms with Crippen LogP contribution in [0.4, 0.5) is 4.79 Å². The Kier molecular flexibility index (Phi) is 12.5. The van der Waals surface area contributed by atoms with Crippen molar-refractivity contribution in [3.8, 4) is 0 Å². The average molecular weight is 538 g/mol. The number of nitrogens with zero attached hydrogens (tertiary/aromatic N) is 1. The molecule has 1 spiro atoms. The number of amides is 1. The minimum absolute atomic E-state index is 0.00396. The summed E-state index contributed by atoms with van der Waals surface area (Å²) in [6.07, 6.45) is 16.1. The van der Waals surface area contributed by atoms with E-state index in [0.717, 1.165) is 32.2 Å². The van der Waals surface area contributed by atoms with Crippen molar-refractivity contribution < 1.29 is 14.0 Å². The molecule has 0 unspecified atom stereocenters. The molecular formula is C32H63NO3Si. The summed E-state index contributed by atoms with van der Waals surface area (Å²) < 4.78 is 13.3. The number of carbonyl (C=O) groups is 1. The molecule has 37 heavy (non-hydrogen) atoms. The highest BCUT2D eigenvalue weighted by molar-refractivity contribution is 6.77. The van der Waals surface area contributed by atoms with Crippen LogP contribution in [0.3, 0.4) is 0 Å². The molecule has 1 amide bonds. The first-order valence-electron chi connectivity index (χ1n) is 16.0. The standard InChI is InChI=1S/C32H63NO3Si/c1-11-12-13-14-19-29(36-37(25(2)3,26(4)5)27(6)7)21-20-28-18-15-16-22-32(28)23-17-24-33(32)30(34)35-31(8,9)10/h25-29H,11-24H2,1-10H3/t28-,29-,32-/m0/s1. The van der Waals surface area contributed by atoms with Crippen LogP contribution in [0.5, 0.6) is 0 Å². The average Bonchev–Trinajstić information content (AvgIpc) is 3.21. The van der Waals surface area contributed by atoms with E-state index in [1.54, 1.807) is 0 Å². The summed E-state index contributed by atoms with van der Waals surface area (Å²) in [6, 6.07) is 0. The second-order valence-corrected chi connectivity index (χ2v) is 19.7. The molecule has 1 saturated heterocycles. The number of unbranched alkanes of at least 4 members (excludes halogenated alkanes) is 3. The Hall–Kier alpha value is -0.553. The molecule has 2 fully saturated rings. The maximum atomic E-state index is 13.3. The van der Waals surface area contributed by atoms with Gasteiger partial charge in [-0.05, 0) is 88.3 Å². The van der Waals surface area contributed by atoms with Crippen LogP contribution in [0.15, 0.2) is 0 Å². The number of carbonyl (C=O) groups excluding carboxylic acids is 1. The van der Waals surface area contributed by atoms with Crippen molar-refractivity contribution in [1.82, 2.24) is 4.90 Å². The lowest BCUT2D eigenvalue weighted by molar-refractivity contribution is -0.0197. The van der Waals surface area contributed by atoms with E-state index in [0.29, 0.717) is 28.6 Å². The topological polar surface area (TPSA) is 38.8 Å². The van der Waals surface area contributed by atoms with Gasteiger partial charge in [-0.15, -0.1) is 0 Å². The smallest absolute Gasteiger partial charge is 0.410 e. The molecule has 0 aromatic rings. The highest BCUT2D eigenvalue weighted by Crippen LogP contribution is 2.49. The minimum atomic E-state index is -1.93. The summed E-state index contributed by atoms with van der Waals surface area (Å²) in [6.45, 7) is 23.6. The maximum Gasteiger partial charge on any atom is 0.410 e. The van der Waals surface area contributed by atoms with Gasteiger partial charge in [-0.2, -0.15) is 0 Å². The van der Waals surface area contributed by atoms with Crippen LogP contribution in [0, 0.1) is 5.92 Å². The predicted octanol–water partition coefficient (Wildman–Crippen LogP) is 10.3. The van der Waals surface area contributed by atoms with Gasteiger partial charge in [0.25, 0.3) is 0 Å². The first-order chi connectivity index (χ1) is 17.3. The number of hydrogen-bond acceptors (Lipinski definition) is 3. The minimum Gasteiger partial charge on any atom is -0.444 e. The van der Waals surface area contributed by atoms with Crippen molar-refractivity contribution in [1.29, 1.82) is 0 Å². The SMILES string of the molecule is CCCCCC[C@@H](CC[C@@H]1CCCC[C@]12CCCN2C(=O)OC(C)(C)C)O[Si](C(C)C)(C(C)C)C(C)C. The normalized spacial score (nSPS) is 24.0. The van der Waals surface area contributed by atoms with Gasteiger partial charge < -0.3 is 14.1 Å². The first kappa shape index (κ1) is 32.7. The van der Waals surface area contributed by atoms with Crippen molar-refractivity contribution in [2.24, 2.45) is 5.92 Å². The van der Waals surface area contributed by atoms with Crippen LogP contribution in [0.2, 0.25) is 16.6 Å². The molecule has 5 heteroatoms.